The van der Waals surface area contributed by atoms with Crippen LogP contribution >= 0.6 is 11.6 Å². The molecule has 0 radical (unpaired) electrons. The van der Waals surface area contributed by atoms with Gasteiger partial charge >= 0.3 is 0 Å². The zero-order valence-corrected chi connectivity index (χ0v) is 11.4. The van der Waals surface area contributed by atoms with Gasteiger partial charge in [-0.05, 0) is 30.5 Å². The van der Waals surface area contributed by atoms with E-state index in [-0.39, 0.29) is 29.6 Å². The number of nitrogens with zero attached hydrogens (tertiary/aromatic N) is 1. The van der Waals surface area contributed by atoms with E-state index in [4.69, 9.17) is 11.6 Å². The van der Waals surface area contributed by atoms with Crippen LogP contribution in [0.3, 0.4) is 0 Å². The molecule has 5 heteroatoms. The number of halogens is 2. The van der Waals surface area contributed by atoms with Gasteiger partial charge in [0.05, 0.1) is 6.61 Å². The number of aliphatic hydroxyl groups is 1. The average molecular weight is 286 g/mol. The molecule has 1 unspecified atom stereocenters. The molecule has 0 saturated carbocycles. The maximum absolute atomic E-state index is 12.9. The maximum atomic E-state index is 12.9. The van der Waals surface area contributed by atoms with Gasteiger partial charge in [0.15, 0.2) is 0 Å². The molecule has 1 aromatic rings. The van der Waals surface area contributed by atoms with Crippen LogP contribution in [0.5, 0.6) is 0 Å². The first kappa shape index (κ1) is 14.3. The molecule has 0 aliphatic carbocycles. The molecule has 3 nitrogen and oxygen atoms in total. The molecule has 0 bridgehead atoms. The van der Waals surface area contributed by atoms with Crippen LogP contribution in [0, 0.1) is 11.2 Å². The number of hydrogen-bond donors (Lipinski definition) is 1. The molecule has 1 atom stereocenters. The van der Waals surface area contributed by atoms with E-state index >= 15 is 0 Å². The van der Waals surface area contributed by atoms with Crippen molar-refractivity contribution < 1.29 is 14.3 Å². The van der Waals surface area contributed by atoms with Crippen molar-refractivity contribution in [2.45, 2.75) is 12.8 Å². The first-order valence-corrected chi connectivity index (χ1v) is 6.81. The Labute approximate surface area is 117 Å². The molecular formula is C14H17ClFNO2. The van der Waals surface area contributed by atoms with Crippen molar-refractivity contribution >= 4 is 17.5 Å². The number of carbonyl (C=O) groups excluding carboxylic acids is 1. The monoisotopic (exact) mass is 285 g/mol. The van der Waals surface area contributed by atoms with Crippen molar-refractivity contribution in [3.05, 3.63) is 35.6 Å². The fourth-order valence-corrected chi connectivity index (χ4v) is 2.77. The van der Waals surface area contributed by atoms with Gasteiger partial charge in [-0.25, -0.2) is 4.39 Å². The number of alkyl halides is 1. The lowest BCUT2D eigenvalue weighted by Crippen LogP contribution is -2.36. The van der Waals surface area contributed by atoms with Gasteiger partial charge in [-0.15, -0.1) is 11.6 Å². The van der Waals surface area contributed by atoms with Crippen LogP contribution in [0.2, 0.25) is 0 Å². The molecule has 1 N–H and O–H groups in total. The smallest absolute Gasteiger partial charge is 0.237 e. The van der Waals surface area contributed by atoms with E-state index in [1.54, 1.807) is 17.0 Å². The minimum atomic E-state index is -0.334. The molecule has 2 rings (SSSR count). The van der Waals surface area contributed by atoms with Crippen molar-refractivity contribution in [2.75, 3.05) is 25.6 Å². The molecule has 1 aromatic carbocycles. The Bertz CT molecular complexity index is 451. The Balaban J connectivity index is 2.08. The second kappa shape index (κ2) is 5.88. The fourth-order valence-electron chi connectivity index (χ4n) is 2.60. The van der Waals surface area contributed by atoms with Crippen molar-refractivity contribution in [3.63, 3.8) is 0 Å². The molecule has 0 aromatic heterocycles. The van der Waals surface area contributed by atoms with E-state index < -0.39 is 0 Å². The van der Waals surface area contributed by atoms with Crippen molar-refractivity contribution in [1.29, 1.82) is 0 Å². The molecule has 0 spiro atoms. The quantitative estimate of drug-likeness (QED) is 0.857. The van der Waals surface area contributed by atoms with Crippen LogP contribution in [0.15, 0.2) is 24.3 Å². The topological polar surface area (TPSA) is 40.5 Å². The van der Waals surface area contributed by atoms with Crippen LogP contribution in [0.25, 0.3) is 0 Å². The third-order valence-electron chi connectivity index (χ3n) is 3.73. The Morgan fingerprint density at radius 1 is 1.42 bits per heavy atom. The Hall–Kier alpha value is -1.13. The molecule has 1 amide bonds. The second-order valence-corrected chi connectivity index (χ2v) is 5.43. The molecule has 1 aliphatic heterocycles. The number of benzene rings is 1. The van der Waals surface area contributed by atoms with Crippen LogP contribution in [0.1, 0.15) is 12.0 Å². The molecule has 1 saturated heterocycles. The van der Waals surface area contributed by atoms with Crippen molar-refractivity contribution in [2.24, 2.45) is 5.41 Å². The summed E-state index contributed by atoms with van der Waals surface area (Å²) in [6.45, 7) is 1.14. The summed E-state index contributed by atoms with van der Waals surface area (Å²) < 4.78 is 12.9. The van der Waals surface area contributed by atoms with Gasteiger partial charge in [-0.3, -0.25) is 4.79 Å². The van der Waals surface area contributed by atoms with Crippen LogP contribution in [0.4, 0.5) is 4.39 Å². The number of carbonyl (C=O) groups is 1. The Kier molecular flexibility index (Phi) is 4.42. The lowest BCUT2D eigenvalue weighted by Gasteiger charge is -2.27. The van der Waals surface area contributed by atoms with E-state index in [0.29, 0.717) is 19.5 Å². The molecule has 104 valence electrons. The van der Waals surface area contributed by atoms with Gasteiger partial charge in [-0.2, -0.15) is 0 Å². The lowest BCUT2D eigenvalue weighted by atomic mass is 9.81. The van der Waals surface area contributed by atoms with Crippen molar-refractivity contribution in [3.8, 4) is 0 Å². The van der Waals surface area contributed by atoms with Gasteiger partial charge in [0.2, 0.25) is 5.91 Å². The summed E-state index contributed by atoms with van der Waals surface area (Å²) in [4.78, 5) is 13.3. The number of hydrogen-bond acceptors (Lipinski definition) is 2. The van der Waals surface area contributed by atoms with E-state index in [0.717, 1.165) is 12.0 Å². The lowest BCUT2D eigenvalue weighted by molar-refractivity contribution is -0.128. The van der Waals surface area contributed by atoms with Gasteiger partial charge < -0.3 is 10.0 Å². The molecule has 1 fully saturated rings. The standard InChI is InChI=1S/C14H17ClFNO2/c15-8-13(19)17-6-5-14(9-17,10-18)7-11-1-3-12(16)4-2-11/h1-4,18H,5-10H2. The normalized spacial score (nSPS) is 22.8. The minimum absolute atomic E-state index is 0.0104. The highest BCUT2D eigenvalue weighted by Crippen LogP contribution is 2.34. The highest BCUT2D eigenvalue weighted by atomic mass is 35.5. The van der Waals surface area contributed by atoms with Crippen LogP contribution < -0.4 is 0 Å². The number of amides is 1. The molecule has 1 aliphatic rings. The average Bonchev–Trinajstić information content (AvgIpc) is 2.85. The van der Waals surface area contributed by atoms with E-state index in [9.17, 15) is 14.3 Å². The van der Waals surface area contributed by atoms with Gasteiger partial charge in [0, 0.05) is 18.5 Å². The first-order valence-electron chi connectivity index (χ1n) is 6.28. The predicted molar refractivity (Wildman–Crippen MR) is 71.5 cm³/mol. The Morgan fingerprint density at radius 2 is 2.11 bits per heavy atom. The highest BCUT2D eigenvalue weighted by molar-refractivity contribution is 6.27. The van der Waals surface area contributed by atoms with E-state index in [1.807, 2.05) is 0 Å². The SMILES string of the molecule is O=C(CCl)N1CCC(CO)(Cc2ccc(F)cc2)C1. The minimum Gasteiger partial charge on any atom is -0.396 e. The largest absolute Gasteiger partial charge is 0.396 e. The molecular weight excluding hydrogens is 269 g/mol. The third-order valence-corrected chi connectivity index (χ3v) is 3.96. The number of rotatable bonds is 4. The Morgan fingerprint density at radius 3 is 2.68 bits per heavy atom. The van der Waals surface area contributed by atoms with Gasteiger partial charge in [0.1, 0.15) is 11.7 Å². The second-order valence-electron chi connectivity index (χ2n) is 5.16. The van der Waals surface area contributed by atoms with E-state index in [2.05, 4.69) is 0 Å². The third kappa shape index (κ3) is 3.25. The van der Waals surface area contributed by atoms with Crippen molar-refractivity contribution in [1.82, 2.24) is 4.90 Å². The zero-order valence-electron chi connectivity index (χ0n) is 10.6. The summed E-state index contributed by atoms with van der Waals surface area (Å²) >= 11 is 5.55. The predicted octanol–water partition coefficient (Wildman–Crippen LogP) is 1.82. The summed E-state index contributed by atoms with van der Waals surface area (Å²) in [5.74, 6) is -0.402. The maximum Gasteiger partial charge on any atom is 0.237 e. The first-order chi connectivity index (χ1) is 9.08. The van der Waals surface area contributed by atoms with Crippen LogP contribution in [-0.2, 0) is 11.2 Å². The zero-order chi connectivity index (χ0) is 13.9. The van der Waals surface area contributed by atoms with Gasteiger partial charge in [-0.1, -0.05) is 12.1 Å². The summed E-state index contributed by atoms with van der Waals surface area (Å²) in [7, 11) is 0. The van der Waals surface area contributed by atoms with Gasteiger partial charge in [0.25, 0.3) is 0 Å². The summed E-state index contributed by atoms with van der Waals surface area (Å²) in [5.41, 5.74) is 0.634. The molecule has 19 heavy (non-hydrogen) atoms. The fraction of sp³-hybridized carbons (Fsp3) is 0.500. The highest BCUT2D eigenvalue weighted by Gasteiger charge is 2.39. The summed E-state index contributed by atoms with van der Waals surface area (Å²) in [6.07, 6.45) is 1.37. The molecule has 1 heterocycles. The van der Waals surface area contributed by atoms with E-state index in [1.165, 1.54) is 12.1 Å². The number of aliphatic hydroxyl groups excluding tert-OH is 1. The summed E-state index contributed by atoms with van der Waals surface area (Å²) in [5, 5.41) is 9.66. The van der Waals surface area contributed by atoms with Crippen LogP contribution in [-0.4, -0.2) is 41.5 Å². The summed E-state index contributed by atoms with van der Waals surface area (Å²) in [6, 6.07) is 6.27. The number of likely N-dealkylation sites (tertiary alicyclic amines) is 1.